The first-order valence-electron chi connectivity index (χ1n) is 7.18. The zero-order valence-corrected chi connectivity index (χ0v) is 13.4. The van der Waals surface area contributed by atoms with E-state index in [4.69, 9.17) is 4.74 Å². The van der Waals surface area contributed by atoms with Crippen LogP contribution in [0.1, 0.15) is 19.8 Å². The zero-order chi connectivity index (χ0) is 14.4. The van der Waals surface area contributed by atoms with Crippen LogP contribution in [0.5, 0.6) is 5.75 Å². The maximum Gasteiger partial charge on any atom is 0.258 e. The van der Waals surface area contributed by atoms with Crippen LogP contribution in [0.25, 0.3) is 0 Å². The standard InChI is InChI=1S/C15H21BrN2O2/c1-2-18-9-7-13(8-10-18)17-15(19)11-20-14-5-3-12(16)4-6-14/h3-6,13H,2,7-11H2,1H3,(H,17,19)/p+1. The first kappa shape index (κ1) is 15.3. The average Bonchev–Trinajstić information content (AvgIpc) is 2.47. The van der Waals surface area contributed by atoms with E-state index in [2.05, 4.69) is 28.2 Å². The molecule has 0 atom stereocenters. The molecule has 1 saturated heterocycles. The molecule has 2 N–H and O–H groups in total. The molecule has 2 rings (SSSR count). The van der Waals surface area contributed by atoms with Crippen molar-refractivity contribution in [3.63, 3.8) is 0 Å². The van der Waals surface area contributed by atoms with Gasteiger partial charge < -0.3 is 15.0 Å². The molecule has 0 aromatic heterocycles. The summed E-state index contributed by atoms with van der Waals surface area (Å²) in [6.07, 6.45) is 2.13. The molecule has 1 aliphatic heterocycles. The van der Waals surface area contributed by atoms with Gasteiger partial charge in [-0.05, 0) is 31.2 Å². The monoisotopic (exact) mass is 341 g/mol. The number of nitrogens with one attached hydrogen (secondary N) is 2. The third-order valence-electron chi connectivity index (χ3n) is 3.74. The lowest BCUT2D eigenvalue weighted by Crippen LogP contribution is -3.13. The molecule has 1 amide bonds. The van der Waals surface area contributed by atoms with Gasteiger partial charge in [0.05, 0.1) is 19.6 Å². The molecule has 0 unspecified atom stereocenters. The summed E-state index contributed by atoms with van der Waals surface area (Å²) >= 11 is 3.37. The van der Waals surface area contributed by atoms with Crippen molar-refractivity contribution in [3.8, 4) is 5.75 Å². The number of quaternary nitrogens is 1. The van der Waals surface area contributed by atoms with Crippen LogP contribution >= 0.6 is 15.9 Å². The van der Waals surface area contributed by atoms with Gasteiger partial charge in [-0.3, -0.25) is 4.79 Å². The summed E-state index contributed by atoms with van der Waals surface area (Å²) in [5, 5.41) is 3.06. The summed E-state index contributed by atoms with van der Waals surface area (Å²) in [7, 11) is 0. The third kappa shape index (κ3) is 4.80. The maximum absolute atomic E-state index is 11.9. The van der Waals surface area contributed by atoms with Crippen molar-refractivity contribution in [2.24, 2.45) is 0 Å². The molecule has 0 radical (unpaired) electrons. The Hall–Kier alpha value is -1.07. The summed E-state index contributed by atoms with van der Waals surface area (Å²) in [6.45, 7) is 5.76. The predicted octanol–water partition coefficient (Wildman–Crippen LogP) is 1.01. The van der Waals surface area contributed by atoms with Gasteiger partial charge in [0.25, 0.3) is 5.91 Å². The Balaban J connectivity index is 1.69. The van der Waals surface area contributed by atoms with E-state index in [1.165, 1.54) is 6.54 Å². The van der Waals surface area contributed by atoms with Crippen LogP contribution in [-0.4, -0.2) is 38.2 Å². The molecule has 1 aromatic rings. The van der Waals surface area contributed by atoms with Crippen molar-refractivity contribution in [2.45, 2.75) is 25.8 Å². The Morgan fingerprint density at radius 1 is 1.35 bits per heavy atom. The Morgan fingerprint density at radius 3 is 2.60 bits per heavy atom. The molecule has 1 aliphatic rings. The van der Waals surface area contributed by atoms with E-state index in [9.17, 15) is 4.79 Å². The minimum absolute atomic E-state index is 0.0298. The summed E-state index contributed by atoms with van der Waals surface area (Å²) in [5.74, 6) is 0.687. The minimum atomic E-state index is -0.0298. The fourth-order valence-electron chi connectivity index (χ4n) is 2.47. The largest absolute Gasteiger partial charge is 0.484 e. The van der Waals surface area contributed by atoms with Gasteiger partial charge in [-0.25, -0.2) is 0 Å². The molecule has 5 heteroatoms. The second kappa shape index (κ2) is 7.64. The summed E-state index contributed by atoms with van der Waals surface area (Å²) in [5.41, 5.74) is 0. The van der Waals surface area contributed by atoms with Gasteiger partial charge in [0.2, 0.25) is 0 Å². The minimum Gasteiger partial charge on any atom is -0.484 e. The highest BCUT2D eigenvalue weighted by Crippen LogP contribution is 2.15. The van der Waals surface area contributed by atoms with E-state index in [1.807, 2.05) is 24.3 Å². The molecule has 0 spiro atoms. The summed E-state index contributed by atoms with van der Waals surface area (Å²) in [6, 6.07) is 7.81. The molecule has 1 aromatic carbocycles. The van der Waals surface area contributed by atoms with Crippen LogP contribution in [0, 0.1) is 0 Å². The number of amides is 1. The van der Waals surface area contributed by atoms with Crippen molar-refractivity contribution in [1.29, 1.82) is 0 Å². The van der Waals surface area contributed by atoms with E-state index in [-0.39, 0.29) is 12.5 Å². The molecule has 1 heterocycles. The van der Waals surface area contributed by atoms with Crippen LogP contribution < -0.4 is 15.0 Å². The summed E-state index contributed by atoms with van der Waals surface area (Å²) in [4.78, 5) is 13.5. The van der Waals surface area contributed by atoms with E-state index >= 15 is 0 Å². The number of hydrogen-bond acceptors (Lipinski definition) is 2. The molecule has 1 fully saturated rings. The second-order valence-corrected chi connectivity index (χ2v) is 6.10. The topological polar surface area (TPSA) is 42.8 Å². The smallest absolute Gasteiger partial charge is 0.258 e. The van der Waals surface area contributed by atoms with Gasteiger partial charge in [-0.2, -0.15) is 0 Å². The molecule has 0 aliphatic carbocycles. The Kier molecular flexibility index (Phi) is 5.86. The summed E-state index contributed by atoms with van der Waals surface area (Å²) < 4.78 is 6.47. The highest BCUT2D eigenvalue weighted by Gasteiger charge is 2.22. The van der Waals surface area contributed by atoms with Crippen molar-refractivity contribution in [3.05, 3.63) is 28.7 Å². The van der Waals surface area contributed by atoms with Crippen LogP contribution in [0.2, 0.25) is 0 Å². The first-order valence-corrected chi connectivity index (χ1v) is 7.98. The maximum atomic E-state index is 11.9. The zero-order valence-electron chi connectivity index (χ0n) is 11.8. The van der Waals surface area contributed by atoms with Crippen LogP contribution in [0.3, 0.4) is 0 Å². The van der Waals surface area contributed by atoms with Gasteiger partial charge >= 0.3 is 0 Å². The number of carbonyl (C=O) groups excluding carboxylic acids is 1. The average molecular weight is 342 g/mol. The number of ether oxygens (including phenoxy) is 1. The van der Waals surface area contributed by atoms with Gasteiger partial charge in [0, 0.05) is 23.4 Å². The van der Waals surface area contributed by atoms with Crippen LogP contribution in [-0.2, 0) is 4.79 Å². The van der Waals surface area contributed by atoms with Gasteiger partial charge in [0.15, 0.2) is 6.61 Å². The number of benzene rings is 1. The van der Waals surface area contributed by atoms with E-state index in [0.717, 1.165) is 30.4 Å². The predicted molar refractivity (Wildman–Crippen MR) is 82.0 cm³/mol. The molecule has 0 saturated carbocycles. The van der Waals surface area contributed by atoms with Crippen molar-refractivity contribution in [2.75, 3.05) is 26.2 Å². The molecule has 4 nitrogen and oxygen atoms in total. The fourth-order valence-corrected chi connectivity index (χ4v) is 2.74. The molecular weight excluding hydrogens is 320 g/mol. The number of piperidine rings is 1. The normalized spacial score (nSPS) is 22.3. The molecular formula is C15H22BrN2O2+. The number of rotatable bonds is 5. The molecule has 0 bridgehead atoms. The van der Waals surface area contributed by atoms with Crippen molar-refractivity contribution in [1.82, 2.24) is 5.32 Å². The Bertz CT molecular complexity index is 428. The van der Waals surface area contributed by atoms with Crippen LogP contribution in [0.15, 0.2) is 28.7 Å². The van der Waals surface area contributed by atoms with Crippen molar-refractivity contribution < 1.29 is 14.4 Å². The quantitative estimate of drug-likeness (QED) is 0.839. The van der Waals surface area contributed by atoms with Gasteiger partial charge in [-0.15, -0.1) is 0 Å². The Morgan fingerprint density at radius 2 is 2.00 bits per heavy atom. The number of carbonyl (C=O) groups is 1. The SMILES string of the molecule is CC[NH+]1CCC(NC(=O)COc2ccc(Br)cc2)CC1. The molecule has 20 heavy (non-hydrogen) atoms. The Labute approximate surface area is 128 Å². The number of halogens is 1. The highest BCUT2D eigenvalue weighted by atomic mass is 79.9. The first-order chi connectivity index (χ1) is 9.67. The van der Waals surface area contributed by atoms with E-state index in [0.29, 0.717) is 11.8 Å². The van der Waals surface area contributed by atoms with E-state index < -0.39 is 0 Å². The van der Waals surface area contributed by atoms with Gasteiger partial charge in [-0.1, -0.05) is 15.9 Å². The lowest BCUT2D eigenvalue weighted by Gasteiger charge is -2.28. The van der Waals surface area contributed by atoms with Gasteiger partial charge in [0.1, 0.15) is 5.75 Å². The third-order valence-corrected chi connectivity index (χ3v) is 4.27. The van der Waals surface area contributed by atoms with E-state index in [1.54, 1.807) is 4.90 Å². The van der Waals surface area contributed by atoms with Crippen LogP contribution in [0.4, 0.5) is 0 Å². The lowest BCUT2D eigenvalue weighted by molar-refractivity contribution is -0.903. The fraction of sp³-hybridized carbons (Fsp3) is 0.533. The number of hydrogen-bond donors (Lipinski definition) is 2. The second-order valence-electron chi connectivity index (χ2n) is 5.19. The van der Waals surface area contributed by atoms with Crippen molar-refractivity contribution >= 4 is 21.8 Å². The molecule has 110 valence electrons. The lowest BCUT2D eigenvalue weighted by atomic mass is 10.1. The number of likely N-dealkylation sites (tertiary alicyclic amines) is 1. The highest BCUT2D eigenvalue weighted by molar-refractivity contribution is 9.10.